The number of amides is 1. The van der Waals surface area contributed by atoms with Gasteiger partial charge in [-0.05, 0) is 32.4 Å². The molecular weight excluding hydrogens is 450 g/mol. The third kappa shape index (κ3) is 4.42. The minimum Gasteiger partial charge on any atom is -0.384 e. The number of rotatable bonds is 7. The van der Waals surface area contributed by atoms with Crippen LogP contribution in [-0.2, 0) is 11.3 Å². The number of carbonyl (C=O) groups excluding carboxylic acids is 2. The number of aryl methyl sites for hydroxylation is 1. The van der Waals surface area contributed by atoms with Crippen LogP contribution in [0.3, 0.4) is 0 Å². The molecule has 1 atom stereocenters. The maximum Gasteiger partial charge on any atom is 0.329 e. The van der Waals surface area contributed by atoms with Crippen molar-refractivity contribution in [3.8, 4) is 5.69 Å². The molecule has 1 aliphatic rings. The van der Waals surface area contributed by atoms with Crippen LogP contribution < -0.4 is 22.3 Å². The van der Waals surface area contributed by atoms with Crippen molar-refractivity contribution in [2.24, 2.45) is 0 Å². The molecule has 35 heavy (non-hydrogen) atoms. The summed E-state index contributed by atoms with van der Waals surface area (Å²) >= 11 is 0. The van der Waals surface area contributed by atoms with Crippen molar-refractivity contribution in [1.82, 2.24) is 29.5 Å². The number of piperazine rings is 1. The molecule has 11 heteroatoms. The van der Waals surface area contributed by atoms with Crippen LogP contribution in [0.25, 0.3) is 5.69 Å². The molecule has 0 saturated carbocycles. The number of anilines is 1. The number of hydrogen-bond donors (Lipinski definition) is 3. The number of nitrogens with two attached hydrogens (primary N) is 1. The first-order valence-electron chi connectivity index (χ1n) is 11.5. The monoisotopic (exact) mass is 479 g/mol. The molecule has 1 saturated heterocycles. The largest absolute Gasteiger partial charge is 0.384 e. The fourth-order valence-electron chi connectivity index (χ4n) is 4.64. The van der Waals surface area contributed by atoms with Gasteiger partial charge in [-0.3, -0.25) is 28.8 Å². The summed E-state index contributed by atoms with van der Waals surface area (Å²) in [5, 5.41) is 7.51. The predicted molar refractivity (Wildman–Crippen MR) is 131 cm³/mol. The smallest absolute Gasteiger partial charge is 0.329 e. The van der Waals surface area contributed by atoms with Gasteiger partial charge in [0.05, 0.1) is 17.9 Å². The Morgan fingerprint density at radius 2 is 1.89 bits per heavy atom. The van der Waals surface area contributed by atoms with E-state index in [1.807, 2.05) is 51.1 Å². The average molecular weight is 480 g/mol. The second kappa shape index (κ2) is 9.71. The van der Waals surface area contributed by atoms with Gasteiger partial charge in [-0.2, -0.15) is 5.10 Å². The molecule has 3 aromatic rings. The minimum atomic E-state index is -0.827. The summed E-state index contributed by atoms with van der Waals surface area (Å²) < 4.78 is 2.96. The normalized spacial score (nSPS) is 16.3. The number of nitrogens with one attached hydrogen (secondary N) is 2. The van der Waals surface area contributed by atoms with Gasteiger partial charge in [0.15, 0.2) is 5.78 Å². The Labute approximate surface area is 201 Å². The number of aromatic nitrogens is 4. The SMILES string of the molecule is CCCn1c(N)c(C(=O)CN2CCNC(=O)[C@@H]2c2c(C)nn(-c3ccccc3)c2C)c(=O)[nH]c1=O. The average Bonchev–Trinajstić information content (AvgIpc) is 3.11. The van der Waals surface area contributed by atoms with E-state index < -0.39 is 23.1 Å². The van der Waals surface area contributed by atoms with Crippen molar-refractivity contribution in [3.63, 3.8) is 0 Å². The summed E-state index contributed by atoms with van der Waals surface area (Å²) in [6, 6.07) is 8.80. The van der Waals surface area contributed by atoms with Gasteiger partial charge in [0, 0.05) is 30.9 Å². The molecule has 0 aliphatic carbocycles. The lowest BCUT2D eigenvalue weighted by Gasteiger charge is -2.34. The topological polar surface area (TPSA) is 148 Å². The first kappa shape index (κ1) is 24.1. The van der Waals surface area contributed by atoms with Crippen LogP contribution in [0.2, 0.25) is 0 Å². The van der Waals surface area contributed by atoms with Gasteiger partial charge in [0.25, 0.3) is 5.56 Å². The molecule has 1 aliphatic heterocycles. The second-order valence-corrected chi connectivity index (χ2v) is 8.59. The summed E-state index contributed by atoms with van der Waals surface area (Å²) in [7, 11) is 0. The Bertz CT molecular complexity index is 1390. The number of ketones is 1. The second-order valence-electron chi connectivity index (χ2n) is 8.59. The summed E-state index contributed by atoms with van der Waals surface area (Å²) in [4.78, 5) is 54.9. The minimum absolute atomic E-state index is 0.159. The van der Waals surface area contributed by atoms with Crippen LogP contribution in [0.4, 0.5) is 5.82 Å². The number of para-hydroxylation sites is 1. The fourth-order valence-corrected chi connectivity index (χ4v) is 4.64. The van der Waals surface area contributed by atoms with Gasteiger partial charge < -0.3 is 11.1 Å². The molecule has 1 aromatic carbocycles. The zero-order chi connectivity index (χ0) is 25.3. The Kier molecular flexibility index (Phi) is 6.70. The first-order valence-corrected chi connectivity index (χ1v) is 11.5. The number of Topliss-reactive ketones (excluding diaryl/α,β-unsaturated/α-hetero) is 1. The molecule has 0 radical (unpaired) electrons. The quantitative estimate of drug-likeness (QED) is 0.422. The van der Waals surface area contributed by atoms with E-state index in [0.717, 1.165) is 11.4 Å². The first-order chi connectivity index (χ1) is 16.7. The third-order valence-corrected chi connectivity index (χ3v) is 6.25. The van der Waals surface area contributed by atoms with Crippen LogP contribution in [0.15, 0.2) is 39.9 Å². The Morgan fingerprint density at radius 1 is 1.17 bits per heavy atom. The highest BCUT2D eigenvalue weighted by Gasteiger charge is 2.37. The fraction of sp³-hybridized carbons (Fsp3) is 0.375. The molecule has 0 unspecified atom stereocenters. The molecular formula is C24H29N7O4. The highest BCUT2D eigenvalue weighted by molar-refractivity contribution is 6.01. The van der Waals surface area contributed by atoms with E-state index in [1.165, 1.54) is 4.57 Å². The molecule has 1 amide bonds. The van der Waals surface area contributed by atoms with Gasteiger partial charge in [0.1, 0.15) is 17.4 Å². The summed E-state index contributed by atoms with van der Waals surface area (Å²) in [5.41, 5.74) is 7.34. The third-order valence-electron chi connectivity index (χ3n) is 6.25. The highest BCUT2D eigenvalue weighted by atomic mass is 16.2. The lowest BCUT2D eigenvalue weighted by Crippen LogP contribution is -2.52. The van der Waals surface area contributed by atoms with E-state index in [4.69, 9.17) is 5.73 Å². The Balaban J connectivity index is 1.72. The molecule has 11 nitrogen and oxygen atoms in total. The van der Waals surface area contributed by atoms with Crippen molar-refractivity contribution >= 4 is 17.5 Å². The highest BCUT2D eigenvalue weighted by Crippen LogP contribution is 2.30. The van der Waals surface area contributed by atoms with Crippen LogP contribution >= 0.6 is 0 Å². The van der Waals surface area contributed by atoms with Gasteiger partial charge in [-0.1, -0.05) is 25.1 Å². The predicted octanol–water partition coefficient (Wildman–Crippen LogP) is 0.687. The number of carbonyl (C=O) groups is 2. The standard InChI is InChI=1S/C24H29N7O4/c1-4-11-30-21(25)19(22(33)27-24(30)35)17(32)13-29-12-10-26-23(34)20(29)18-14(2)28-31(15(18)3)16-8-6-5-7-9-16/h5-9,20H,4,10-13,25H2,1-3H3,(H,26,34)(H,27,33,35)/t20-/m0/s1. The molecule has 184 valence electrons. The van der Waals surface area contributed by atoms with Gasteiger partial charge in [0.2, 0.25) is 5.91 Å². The van der Waals surface area contributed by atoms with E-state index in [0.29, 0.717) is 30.8 Å². The molecule has 0 bridgehead atoms. The molecule has 4 rings (SSSR count). The van der Waals surface area contributed by atoms with Crippen molar-refractivity contribution in [1.29, 1.82) is 0 Å². The Morgan fingerprint density at radius 3 is 2.57 bits per heavy atom. The number of benzene rings is 1. The summed E-state index contributed by atoms with van der Waals surface area (Å²) in [6.07, 6.45) is 0.599. The van der Waals surface area contributed by atoms with Gasteiger partial charge in [-0.15, -0.1) is 0 Å². The van der Waals surface area contributed by atoms with Crippen molar-refractivity contribution < 1.29 is 9.59 Å². The van der Waals surface area contributed by atoms with E-state index in [2.05, 4.69) is 15.4 Å². The number of nitrogens with zero attached hydrogens (tertiary/aromatic N) is 4. The van der Waals surface area contributed by atoms with E-state index >= 15 is 0 Å². The maximum absolute atomic E-state index is 13.3. The molecule has 3 heterocycles. The summed E-state index contributed by atoms with van der Waals surface area (Å²) in [6.45, 7) is 6.37. The molecule has 1 fully saturated rings. The number of aromatic amines is 1. The number of nitrogen functional groups attached to an aromatic ring is 1. The van der Waals surface area contributed by atoms with Crippen molar-refractivity contribution in [2.75, 3.05) is 25.4 Å². The number of H-pyrrole nitrogens is 1. The lowest BCUT2D eigenvalue weighted by atomic mass is 9.99. The van der Waals surface area contributed by atoms with Crippen molar-refractivity contribution in [3.05, 3.63) is 73.7 Å². The van der Waals surface area contributed by atoms with Gasteiger partial charge >= 0.3 is 5.69 Å². The zero-order valence-electron chi connectivity index (χ0n) is 20.0. The maximum atomic E-state index is 13.3. The van der Waals surface area contributed by atoms with E-state index in [-0.39, 0.29) is 30.4 Å². The van der Waals surface area contributed by atoms with Crippen molar-refractivity contribution in [2.45, 2.75) is 39.8 Å². The molecule has 4 N–H and O–H groups in total. The van der Waals surface area contributed by atoms with Crippen LogP contribution in [-0.4, -0.2) is 55.6 Å². The van der Waals surface area contributed by atoms with E-state index in [1.54, 1.807) is 9.58 Å². The summed E-state index contributed by atoms with van der Waals surface area (Å²) in [5.74, 6) is -0.965. The molecule has 2 aromatic heterocycles. The zero-order valence-corrected chi connectivity index (χ0v) is 20.0. The van der Waals surface area contributed by atoms with Gasteiger partial charge in [-0.25, -0.2) is 9.48 Å². The lowest BCUT2D eigenvalue weighted by molar-refractivity contribution is -0.129. The van der Waals surface area contributed by atoms with Crippen LogP contribution in [0, 0.1) is 13.8 Å². The molecule has 0 spiro atoms. The van der Waals surface area contributed by atoms with Crippen LogP contribution in [0.1, 0.15) is 46.7 Å². The van der Waals surface area contributed by atoms with Crippen LogP contribution in [0.5, 0.6) is 0 Å². The van der Waals surface area contributed by atoms with E-state index in [9.17, 15) is 19.2 Å². The Hall–Kier alpha value is -3.99. The number of hydrogen-bond acceptors (Lipinski definition) is 7.